The summed E-state index contributed by atoms with van der Waals surface area (Å²) in [6.07, 6.45) is 3.73. The van der Waals surface area contributed by atoms with Crippen molar-refractivity contribution in [3.63, 3.8) is 0 Å². The molecule has 32 heavy (non-hydrogen) atoms. The number of nitrogens with one attached hydrogen (secondary N) is 1. The van der Waals surface area contributed by atoms with E-state index >= 15 is 0 Å². The van der Waals surface area contributed by atoms with Crippen LogP contribution in [0.5, 0.6) is 0 Å². The molecule has 0 unspecified atom stereocenters. The van der Waals surface area contributed by atoms with Gasteiger partial charge in [0.25, 0.3) is 11.8 Å². The first-order valence-corrected chi connectivity index (χ1v) is 10.1. The fraction of sp³-hybridized carbons (Fsp3) is 0.167. The first-order valence-electron chi connectivity index (χ1n) is 10.1. The van der Waals surface area contributed by atoms with E-state index < -0.39 is 29.9 Å². The molecule has 162 valence electrons. The molecular weight excluding hydrogens is 410 g/mol. The van der Waals surface area contributed by atoms with E-state index in [-0.39, 0.29) is 5.57 Å². The number of fused-ring (bicyclic) bond motifs is 1. The van der Waals surface area contributed by atoms with Gasteiger partial charge in [0.05, 0.1) is 5.69 Å². The summed E-state index contributed by atoms with van der Waals surface area (Å²) in [5.74, 6) is -2.41. The maximum atomic E-state index is 13.2. The van der Waals surface area contributed by atoms with Crippen LogP contribution in [0.2, 0.25) is 0 Å². The molecule has 1 aliphatic heterocycles. The fourth-order valence-corrected chi connectivity index (χ4v) is 3.80. The Labute approximate surface area is 183 Å². The van der Waals surface area contributed by atoms with Crippen molar-refractivity contribution in [2.24, 2.45) is 0 Å². The van der Waals surface area contributed by atoms with Crippen molar-refractivity contribution in [2.75, 3.05) is 4.90 Å². The average Bonchev–Trinajstić information content (AvgIpc) is 3.19. The van der Waals surface area contributed by atoms with Crippen molar-refractivity contribution >= 4 is 46.5 Å². The van der Waals surface area contributed by atoms with Gasteiger partial charge < -0.3 is 9.67 Å². The third kappa shape index (κ3) is 3.56. The Balaban J connectivity index is 1.73. The van der Waals surface area contributed by atoms with Gasteiger partial charge in [0.1, 0.15) is 11.6 Å². The van der Waals surface area contributed by atoms with E-state index in [4.69, 9.17) is 0 Å². The van der Waals surface area contributed by atoms with Crippen molar-refractivity contribution in [2.45, 2.75) is 26.3 Å². The first-order chi connectivity index (χ1) is 15.3. The minimum absolute atomic E-state index is 0.159. The Morgan fingerprint density at radius 2 is 1.88 bits per heavy atom. The molecule has 1 fully saturated rings. The van der Waals surface area contributed by atoms with E-state index in [2.05, 4.69) is 5.32 Å². The number of benzene rings is 2. The summed E-state index contributed by atoms with van der Waals surface area (Å²) in [4.78, 5) is 50.4. The quantitative estimate of drug-likeness (QED) is 0.475. The van der Waals surface area contributed by atoms with E-state index in [1.54, 1.807) is 54.1 Å². The van der Waals surface area contributed by atoms with Gasteiger partial charge in [-0.05, 0) is 54.8 Å². The number of imide groups is 2. The minimum atomic E-state index is -0.949. The molecule has 4 rings (SSSR count). The van der Waals surface area contributed by atoms with E-state index in [1.165, 1.54) is 6.08 Å². The lowest BCUT2D eigenvalue weighted by atomic mass is 10.0. The normalized spacial score (nSPS) is 16.5. The van der Waals surface area contributed by atoms with Gasteiger partial charge in [-0.1, -0.05) is 31.2 Å². The number of aromatic nitrogens is 1. The number of carbonyl (C=O) groups is 4. The summed E-state index contributed by atoms with van der Waals surface area (Å²) in [6.45, 7) is 3.50. The van der Waals surface area contributed by atoms with Crippen LogP contribution >= 0.6 is 0 Å². The predicted octanol–water partition coefficient (Wildman–Crippen LogP) is 3.52. The number of aliphatic carboxylic acids is 1. The van der Waals surface area contributed by atoms with Crippen molar-refractivity contribution in [1.82, 2.24) is 9.88 Å². The zero-order valence-electron chi connectivity index (χ0n) is 17.5. The number of nitrogens with zero attached hydrogens (tertiary/aromatic N) is 2. The minimum Gasteiger partial charge on any atom is -0.480 e. The van der Waals surface area contributed by atoms with Crippen LogP contribution in [-0.4, -0.2) is 33.5 Å². The second-order valence-electron chi connectivity index (χ2n) is 7.50. The SMILES string of the molecule is CCc1ccccc1N1C(=O)NC(=O)/C(=C\c2ccc3c(ccn3[C@@H](C)C(=O)O)c2)C1=O. The maximum Gasteiger partial charge on any atom is 0.335 e. The van der Waals surface area contributed by atoms with Gasteiger partial charge in [-0.15, -0.1) is 0 Å². The van der Waals surface area contributed by atoms with Crippen molar-refractivity contribution in [3.05, 3.63) is 71.4 Å². The maximum absolute atomic E-state index is 13.2. The molecule has 1 aliphatic rings. The van der Waals surface area contributed by atoms with Gasteiger partial charge in [-0.3, -0.25) is 14.9 Å². The van der Waals surface area contributed by atoms with Crippen LogP contribution in [0.25, 0.3) is 17.0 Å². The fourth-order valence-electron chi connectivity index (χ4n) is 3.80. The van der Waals surface area contributed by atoms with Gasteiger partial charge in [-0.2, -0.15) is 0 Å². The molecular formula is C24H21N3O5. The molecule has 1 aromatic heterocycles. The number of barbiturate groups is 1. The van der Waals surface area contributed by atoms with Crippen molar-refractivity contribution in [3.8, 4) is 0 Å². The first kappa shape index (κ1) is 21.0. The van der Waals surface area contributed by atoms with Gasteiger partial charge in [0.15, 0.2) is 0 Å². The number of rotatable bonds is 5. The van der Waals surface area contributed by atoms with Gasteiger partial charge in [0.2, 0.25) is 0 Å². The third-order valence-electron chi connectivity index (χ3n) is 5.55. The number of carboxylic acid groups (broad SMARTS) is 1. The number of hydrogen-bond acceptors (Lipinski definition) is 4. The molecule has 4 amide bonds. The molecule has 8 nitrogen and oxygen atoms in total. The Kier molecular flexibility index (Phi) is 5.36. The molecule has 0 saturated carbocycles. The highest BCUT2D eigenvalue weighted by molar-refractivity contribution is 6.39. The summed E-state index contributed by atoms with van der Waals surface area (Å²) < 4.78 is 1.63. The van der Waals surface area contributed by atoms with Crippen molar-refractivity contribution < 1.29 is 24.3 Å². The number of hydrogen-bond donors (Lipinski definition) is 2. The van der Waals surface area contributed by atoms with Crippen LogP contribution in [0, 0.1) is 0 Å². The predicted molar refractivity (Wildman–Crippen MR) is 119 cm³/mol. The van der Waals surface area contributed by atoms with Crippen LogP contribution in [0.4, 0.5) is 10.5 Å². The molecule has 0 aliphatic carbocycles. The van der Waals surface area contributed by atoms with E-state index in [0.29, 0.717) is 17.7 Å². The lowest BCUT2D eigenvalue weighted by Gasteiger charge is -2.28. The van der Waals surface area contributed by atoms with Crippen LogP contribution in [-0.2, 0) is 20.8 Å². The Hall–Kier alpha value is -4.20. The molecule has 0 radical (unpaired) electrons. The molecule has 0 spiro atoms. The smallest absolute Gasteiger partial charge is 0.335 e. The molecule has 1 atom stereocenters. The standard InChI is InChI=1S/C24H21N3O5/c1-3-16-6-4-5-7-20(16)27-22(29)18(21(28)25-24(27)32)13-15-8-9-19-17(12-15)10-11-26(19)14(2)23(30)31/h4-14H,3H2,1-2H3,(H,30,31)(H,25,28,32)/b18-13+/t14-/m0/s1. The molecule has 2 aromatic carbocycles. The van der Waals surface area contributed by atoms with E-state index in [0.717, 1.165) is 21.4 Å². The largest absolute Gasteiger partial charge is 0.480 e. The van der Waals surface area contributed by atoms with Crippen molar-refractivity contribution in [1.29, 1.82) is 0 Å². The highest BCUT2D eigenvalue weighted by Gasteiger charge is 2.37. The lowest BCUT2D eigenvalue weighted by molar-refractivity contribution is -0.140. The van der Waals surface area contributed by atoms with Crippen LogP contribution in [0.15, 0.2) is 60.3 Å². The highest BCUT2D eigenvalue weighted by atomic mass is 16.4. The summed E-state index contributed by atoms with van der Waals surface area (Å²) in [5.41, 5.74) is 2.38. The molecule has 0 bridgehead atoms. The molecule has 2 heterocycles. The van der Waals surface area contributed by atoms with Gasteiger partial charge >= 0.3 is 12.0 Å². The average molecular weight is 431 g/mol. The zero-order chi connectivity index (χ0) is 23.0. The number of aryl methyl sites for hydroxylation is 1. The van der Waals surface area contributed by atoms with Crippen LogP contribution < -0.4 is 10.2 Å². The summed E-state index contributed by atoms with van der Waals surface area (Å²) in [6, 6.07) is 12.5. The Bertz CT molecular complexity index is 1300. The number of urea groups is 1. The van der Waals surface area contributed by atoms with Gasteiger partial charge in [-0.25, -0.2) is 14.5 Å². The van der Waals surface area contributed by atoms with E-state index in [1.807, 2.05) is 19.1 Å². The molecule has 2 N–H and O–H groups in total. The number of anilines is 1. The third-order valence-corrected chi connectivity index (χ3v) is 5.55. The van der Waals surface area contributed by atoms with E-state index in [9.17, 15) is 24.3 Å². The highest BCUT2D eigenvalue weighted by Crippen LogP contribution is 2.27. The molecule has 8 heteroatoms. The topological polar surface area (TPSA) is 109 Å². The van der Waals surface area contributed by atoms with Gasteiger partial charge in [0, 0.05) is 17.1 Å². The van der Waals surface area contributed by atoms with Crippen LogP contribution in [0.1, 0.15) is 31.0 Å². The number of amides is 4. The lowest BCUT2D eigenvalue weighted by Crippen LogP contribution is -2.54. The number of para-hydroxylation sites is 1. The number of carbonyl (C=O) groups excluding carboxylic acids is 3. The monoisotopic (exact) mass is 431 g/mol. The Morgan fingerprint density at radius 3 is 2.59 bits per heavy atom. The zero-order valence-corrected chi connectivity index (χ0v) is 17.5. The number of carboxylic acids is 1. The Morgan fingerprint density at radius 1 is 1.12 bits per heavy atom. The summed E-state index contributed by atoms with van der Waals surface area (Å²) in [7, 11) is 0. The summed E-state index contributed by atoms with van der Waals surface area (Å²) >= 11 is 0. The second kappa shape index (κ2) is 8.14. The second-order valence-corrected chi connectivity index (χ2v) is 7.50. The molecule has 3 aromatic rings. The van der Waals surface area contributed by atoms with Crippen LogP contribution in [0.3, 0.4) is 0 Å². The molecule has 1 saturated heterocycles. The summed E-state index contributed by atoms with van der Waals surface area (Å²) in [5, 5.41) is 12.3.